The Hall–Kier alpha value is -1.51. The van der Waals surface area contributed by atoms with Gasteiger partial charge in [0.1, 0.15) is 5.75 Å². The Morgan fingerprint density at radius 1 is 1.31 bits per heavy atom. The van der Waals surface area contributed by atoms with Crippen LogP contribution in [0.25, 0.3) is 0 Å². The number of aromatic hydroxyl groups is 1. The van der Waals surface area contributed by atoms with E-state index in [4.69, 9.17) is 0 Å². The van der Waals surface area contributed by atoms with Crippen LogP contribution in [0.3, 0.4) is 0 Å². The average Bonchev–Trinajstić information content (AvgIpc) is 2.14. The molecule has 0 aromatic heterocycles. The fraction of sp³-hybridized carbons (Fsp3) is 0.462. The number of benzene rings is 1. The van der Waals surface area contributed by atoms with E-state index >= 15 is 0 Å². The number of carboxylic acid groups (broad SMARTS) is 1. The minimum Gasteiger partial charge on any atom is -0.508 e. The fourth-order valence-electron chi connectivity index (χ4n) is 1.67. The zero-order valence-electron chi connectivity index (χ0n) is 9.90. The van der Waals surface area contributed by atoms with E-state index in [1.165, 1.54) is 0 Å². The smallest absolute Gasteiger partial charge is 0.307 e. The highest BCUT2D eigenvalue weighted by Gasteiger charge is 2.31. The molecule has 0 bridgehead atoms. The van der Waals surface area contributed by atoms with Gasteiger partial charge in [-0.1, -0.05) is 39.0 Å². The normalized spacial score (nSPS) is 13.4. The standard InChI is InChI=1S/C13H18O3/c1-13(2,3)10(12(15)16)8-9-6-4-5-7-11(9)14/h4-7,10,14H,8H2,1-3H3,(H,15,16). The van der Waals surface area contributed by atoms with Gasteiger partial charge < -0.3 is 10.2 Å². The quantitative estimate of drug-likeness (QED) is 0.826. The number of hydrogen-bond donors (Lipinski definition) is 2. The molecule has 88 valence electrons. The predicted molar refractivity (Wildman–Crippen MR) is 62.4 cm³/mol. The Balaban J connectivity index is 2.94. The van der Waals surface area contributed by atoms with Gasteiger partial charge in [0.2, 0.25) is 0 Å². The highest BCUT2D eigenvalue weighted by molar-refractivity contribution is 5.71. The monoisotopic (exact) mass is 222 g/mol. The Labute approximate surface area is 95.7 Å². The van der Waals surface area contributed by atoms with Gasteiger partial charge in [0, 0.05) is 0 Å². The van der Waals surface area contributed by atoms with Crippen LogP contribution in [0, 0.1) is 11.3 Å². The number of phenolic OH excluding ortho intramolecular Hbond substituents is 1. The summed E-state index contributed by atoms with van der Waals surface area (Å²) in [6.45, 7) is 5.68. The lowest BCUT2D eigenvalue weighted by Gasteiger charge is -2.27. The lowest BCUT2D eigenvalue weighted by molar-refractivity contribution is -0.145. The van der Waals surface area contributed by atoms with E-state index in [1.54, 1.807) is 24.3 Å². The molecule has 1 rings (SSSR count). The van der Waals surface area contributed by atoms with Crippen molar-refractivity contribution in [3.05, 3.63) is 29.8 Å². The van der Waals surface area contributed by atoms with Gasteiger partial charge in [-0.25, -0.2) is 0 Å². The fourth-order valence-corrected chi connectivity index (χ4v) is 1.67. The summed E-state index contributed by atoms with van der Waals surface area (Å²) < 4.78 is 0. The predicted octanol–water partition coefficient (Wildman–Crippen LogP) is 2.68. The molecular formula is C13H18O3. The summed E-state index contributed by atoms with van der Waals surface area (Å²) in [7, 11) is 0. The number of para-hydroxylation sites is 1. The second kappa shape index (κ2) is 4.56. The molecular weight excluding hydrogens is 204 g/mol. The molecule has 0 saturated heterocycles. The van der Waals surface area contributed by atoms with Crippen molar-refractivity contribution in [2.45, 2.75) is 27.2 Å². The third-order valence-electron chi connectivity index (χ3n) is 2.76. The van der Waals surface area contributed by atoms with Crippen molar-refractivity contribution >= 4 is 5.97 Å². The van der Waals surface area contributed by atoms with E-state index < -0.39 is 11.9 Å². The molecule has 0 radical (unpaired) electrons. The first kappa shape index (κ1) is 12.6. The summed E-state index contributed by atoms with van der Waals surface area (Å²) in [6.07, 6.45) is 0.353. The molecule has 1 aromatic carbocycles. The summed E-state index contributed by atoms with van der Waals surface area (Å²) >= 11 is 0. The van der Waals surface area contributed by atoms with Crippen LogP contribution in [0.1, 0.15) is 26.3 Å². The first-order chi connectivity index (χ1) is 7.32. The number of rotatable bonds is 3. The molecule has 2 N–H and O–H groups in total. The maximum absolute atomic E-state index is 11.2. The molecule has 3 heteroatoms. The molecule has 1 unspecified atom stereocenters. The van der Waals surface area contributed by atoms with Crippen molar-refractivity contribution in [1.29, 1.82) is 0 Å². The summed E-state index contributed by atoms with van der Waals surface area (Å²) in [4.78, 5) is 11.2. The van der Waals surface area contributed by atoms with Gasteiger partial charge in [-0.15, -0.1) is 0 Å². The van der Waals surface area contributed by atoms with Gasteiger partial charge in [-0.2, -0.15) is 0 Å². The van der Waals surface area contributed by atoms with E-state index in [0.717, 1.165) is 0 Å². The highest BCUT2D eigenvalue weighted by atomic mass is 16.4. The molecule has 16 heavy (non-hydrogen) atoms. The van der Waals surface area contributed by atoms with Crippen molar-refractivity contribution in [1.82, 2.24) is 0 Å². The second-order valence-electron chi connectivity index (χ2n) is 5.09. The Bertz CT molecular complexity index is 377. The Morgan fingerprint density at radius 3 is 2.31 bits per heavy atom. The van der Waals surface area contributed by atoms with Gasteiger partial charge in [0.05, 0.1) is 5.92 Å². The maximum Gasteiger partial charge on any atom is 0.307 e. The molecule has 0 amide bonds. The van der Waals surface area contributed by atoms with Crippen LogP contribution in [-0.4, -0.2) is 16.2 Å². The number of aliphatic carboxylic acids is 1. The third kappa shape index (κ3) is 2.99. The maximum atomic E-state index is 11.2. The van der Waals surface area contributed by atoms with E-state index in [0.29, 0.717) is 12.0 Å². The summed E-state index contributed by atoms with van der Waals surface area (Å²) in [5, 5.41) is 18.8. The molecule has 0 fully saturated rings. The van der Waals surface area contributed by atoms with Gasteiger partial charge in [0.25, 0.3) is 0 Å². The largest absolute Gasteiger partial charge is 0.508 e. The number of carbonyl (C=O) groups is 1. The van der Waals surface area contributed by atoms with Crippen molar-refractivity contribution in [2.75, 3.05) is 0 Å². The second-order valence-corrected chi connectivity index (χ2v) is 5.09. The molecule has 0 aliphatic heterocycles. The van der Waals surface area contributed by atoms with E-state index in [2.05, 4.69) is 0 Å². The minimum atomic E-state index is -0.823. The molecule has 0 aliphatic carbocycles. The van der Waals surface area contributed by atoms with Crippen molar-refractivity contribution < 1.29 is 15.0 Å². The molecule has 0 saturated carbocycles. The van der Waals surface area contributed by atoms with Crippen LogP contribution in [0.2, 0.25) is 0 Å². The van der Waals surface area contributed by atoms with E-state index in [-0.39, 0.29) is 11.2 Å². The summed E-state index contributed by atoms with van der Waals surface area (Å²) in [5.41, 5.74) is 0.360. The van der Waals surface area contributed by atoms with Crippen LogP contribution >= 0.6 is 0 Å². The number of phenols is 1. The molecule has 0 spiro atoms. The van der Waals surface area contributed by atoms with Gasteiger partial charge in [-0.3, -0.25) is 4.79 Å². The summed E-state index contributed by atoms with van der Waals surface area (Å²) in [5.74, 6) is -1.16. The zero-order chi connectivity index (χ0) is 12.3. The lowest BCUT2D eigenvalue weighted by Crippen LogP contribution is -2.30. The molecule has 0 heterocycles. The molecule has 1 atom stereocenters. The minimum absolute atomic E-state index is 0.165. The Morgan fingerprint density at radius 2 is 1.88 bits per heavy atom. The van der Waals surface area contributed by atoms with E-state index in [1.807, 2.05) is 20.8 Å². The van der Waals surface area contributed by atoms with Crippen LogP contribution < -0.4 is 0 Å². The summed E-state index contributed by atoms with van der Waals surface area (Å²) in [6, 6.07) is 6.87. The Kier molecular flexibility index (Phi) is 3.58. The lowest BCUT2D eigenvalue weighted by atomic mass is 9.77. The van der Waals surface area contributed by atoms with Crippen LogP contribution in [-0.2, 0) is 11.2 Å². The average molecular weight is 222 g/mol. The number of carboxylic acids is 1. The number of hydrogen-bond acceptors (Lipinski definition) is 2. The van der Waals surface area contributed by atoms with Gasteiger partial charge in [-0.05, 0) is 23.5 Å². The van der Waals surface area contributed by atoms with Gasteiger partial charge in [0.15, 0.2) is 0 Å². The van der Waals surface area contributed by atoms with Crippen molar-refractivity contribution in [2.24, 2.45) is 11.3 Å². The molecule has 1 aromatic rings. The van der Waals surface area contributed by atoms with Crippen LogP contribution in [0.5, 0.6) is 5.75 Å². The zero-order valence-corrected chi connectivity index (χ0v) is 9.90. The molecule has 3 nitrogen and oxygen atoms in total. The van der Waals surface area contributed by atoms with Gasteiger partial charge >= 0.3 is 5.97 Å². The highest BCUT2D eigenvalue weighted by Crippen LogP contribution is 2.31. The van der Waals surface area contributed by atoms with E-state index in [9.17, 15) is 15.0 Å². The van der Waals surface area contributed by atoms with Crippen molar-refractivity contribution in [3.8, 4) is 5.75 Å². The third-order valence-corrected chi connectivity index (χ3v) is 2.76. The SMILES string of the molecule is CC(C)(C)C(Cc1ccccc1O)C(=O)O. The van der Waals surface area contributed by atoms with Crippen LogP contribution in [0.15, 0.2) is 24.3 Å². The first-order valence-corrected chi connectivity index (χ1v) is 5.32. The first-order valence-electron chi connectivity index (χ1n) is 5.32. The van der Waals surface area contributed by atoms with Crippen LogP contribution in [0.4, 0.5) is 0 Å². The topological polar surface area (TPSA) is 57.5 Å². The van der Waals surface area contributed by atoms with Crippen molar-refractivity contribution in [3.63, 3.8) is 0 Å². The molecule has 0 aliphatic rings.